The van der Waals surface area contributed by atoms with Gasteiger partial charge >= 0.3 is 23.9 Å². The highest BCUT2D eigenvalue weighted by atomic mass is 16.7. The first-order chi connectivity index (χ1) is 36.4. The monoisotopic (exact) mass is 1080 g/mol. The molecule has 0 radical (unpaired) electrons. The first kappa shape index (κ1) is 69.8. The number of piperidine rings is 2. The lowest BCUT2D eigenvalue weighted by atomic mass is 9.79. The summed E-state index contributed by atoms with van der Waals surface area (Å²) in [5.74, 6) is -0.991. The van der Waals surface area contributed by atoms with Gasteiger partial charge in [0, 0.05) is 23.9 Å². The third-order valence-corrected chi connectivity index (χ3v) is 16.4. The maximum absolute atomic E-state index is 13.0. The fraction of sp³-hybridized carbons (Fsp3) is 0.938. The molecule has 2 atom stereocenters. The molecule has 446 valence electrons. The zero-order valence-electron chi connectivity index (χ0n) is 51.2. The van der Waals surface area contributed by atoms with E-state index in [1.54, 1.807) is 0 Å². The van der Waals surface area contributed by atoms with Gasteiger partial charge in [0.1, 0.15) is 12.2 Å². The third-order valence-electron chi connectivity index (χ3n) is 16.4. The highest BCUT2D eigenvalue weighted by Gasteiger charge is 2.51. The van der Waals surface area contributed by atoms with Gasteiger partial charge in [-0.1, -0.05) is 194 Å². The first-order valence-corrected chi connectivity index (χ1v) is 31.9. The van der Waals surface area contributed by atoms with Crippen LogP contribution in [0.1, 0.15) is 326 Å². The van der Waals surface area contributed by atoms with E-state index in [4.69, 9.17) is 28.6 Å². The number of nitrogens with zero attached hydrogens (tertiary/aromatic N) is 2. The molecule has 0 amide bonds. The molecule has 2 aliphatic rings. The Morgan fingerprint density at radius 1 is 0.342 bits per heavy atom. The standard InChI is InChI=1S/C64H120N2O10/c1-11-13-15-17-19-21-23-25-27-29-31-33-35-37-39-43-59(69)75-55-45-49-61(3,4)65(63(55,7)8)73-53-47-57(67)71-51-41-42-52-72-58(68)48-54-74-66-62(5,6)50-46-56(64(66,9)10)76-60(70)44-40-38-36-34-32-30-28-26-24-22-20-18-16-14-12-2/h55-56H,11-54H2,1-10H3. The van der Waals surface area contributed by atoms with E-state index in [1.807, 2.05) is 37.8 Å². The van der Waals surface area contributed by atoms with Crippen molar-refractivity contribution in [2.24, 2.45) is 0 Å². The second kappa shape index (κ2) is 40.8. The highest BCUT2D eigenvalue weighted by Crippen LogP contribution is 2.42. The van der Waals surface area contributed by atoms with Gasteiger partial charge in [-0.05, 0) is 107 Å². The zero-order chi connectivity index (χ0) is 56.0. The Morgan fingerprint density at radius 2 is 0.605 bits per heavy atom. The Bertz CT molecular complexity index is 1410. The molecule has 0 aromatic rings. The van der Waals surface area contributed by atoms with Crippen molar-refractivity contribution in [3.63, 3.8) is 0 Å². The normalized spacial score (nSPS) is 19.1. The molecule has 2 aliphatic heterocycles. The predicted octanol–water partition coefficient (Wildman–Crippen LogP) is 17.1. The average Bonchev–Trinajstić information content (AvgIpc) is 3.36. The molecule has 0 aromatic carbocycles. The number of rotatable bonds is 47. The Morgan fingerprint density at radius 3 is 0.882 bits per heavy atom. The average molecular weight is 1080 g/mol. The molecular formula is C64H120N2O10. The van der Waals surface area contributed by atoms with Crippen molar-refractivity contribution < 1.29 is 47.8 Å². The lowest BCUT2D eigenvalue weighted by molar-refractivity contribution is -0.304. The maximum atomic E-state index is 13.0. The Kier molecular flexibility index (Phi) is 37.5. The quantitative estimate of drug-likeness (QED) is 0.0327. The number of carbonyl (C=O) groups is 4. The van der Waals surface area contributed by atoms with Gasteiger partial charge in [0.2, 0.25) is 0 Å². The zero-order valence-corrected chi connectivity index (χ0v) is 51.2. The van der Waals surface area contributed by atoms with Crippen molar-refractivity contribution in [3.8, 4) is 0 Å². The summed E-state index contributed by atoms with van der Waals surface area (Å²) in [7, 11) is 0. The molecule has 0 aliphatic carbocycles. The molecule has 12 nitrogen and oxygen atoms in total. The summed E-state index contributed by atoms with van der Waals surface area (Å²) >= 11 is 0. The van der Waals surface area contributed by atoms with Crippen LogP contribution in [-0.2, 0) is 47.8 Å². The minimum atomic E-state index is -0.578. The van der Waals surface area contributed by atoms with Crippen molar-refractivity contribution in [3.05, 3.63) is 0 Å². The molecule has 76 heavy (non-hydrogen) atoms. The van der Waals surface area contributed by atoms with Crippen LogP contribution in [0.3, 0.4) is 0 Å². The lowest BCUT2D eigenvalue weighted by Crippen LogP contribution is -2.65. The first-order valence-electron chi connectivity index (χ1n) is 31.9. The summed E-state index contributed by atoms with van der Waals surface area (Å²) in [4.78, 5) is 63.8. The van der Waals surface area contributed by atoms with Crippen molar-refractivity contribution in [1.82, 2.24) is 10.1 Å². The van der Waals surface area contributed by atoms with Crippen LogP contribution in [0.25, 0.3) is 0 Å². The Labute approximate surface area is 466 Å². The number of esters is 4. The second-order valence-corrected chi connectivity index (χ2v) is 25.3. The van der Waals surface area contributed by atoms with Gasteiger partial charge in [0.25, 0.3) is 0 Å². The number of hydrogen-bond acceptors (Lipinski definition) is 12. The lowest BCUT2D eigenvalue weighted by Gasteiger charge is -2.54. The van der Waals surface area contributed by atoms with Gasteiger partial charge in [-0.3, -0.25) is 28.9 Å². The van der Waals surface area contributed by atoms with E-state index in [9.17, 15) is 19.2 Å². The summed E-state index contributed by atoms with van der Waals surface area (Å²) in [5, 5.41) is 3.85. The second-order valence-electron chi connectivity index (χ2n) is 25.3. The van der Waals surface area contributed by atoms with Crippen LogP contribution in [0.4, 0.5) is 0 Å². The van der Waals surface area contributed by atoms with Crippen LogP contribution < -0.4 is 0 Å². The number of carbonyl (C=O) groups excluding carboxylic acids is 4. The predicted molar refractivity (Wildman–Crippen MR) is 310 cm³/mol. The van der Waals surface area contributed by atoms with Crippen LogP contribution in [-0.4, -0.2) is 94.8 Å². The van der Waals surface area contributed by atoms with Crippen molar-refractivity contribution in [2.75, 3.05) is 26.4 Å². The van der Waals surface area contributed by atoms with Crippen LogP contribution in [0.15, 0.2) is 0 Å². The summed E-state index contributed by atoms with van der Waals surface area (Å²) in [6.45, 7) is 22.0. The number of ether oxygens (including phenoxy) is 4. The molecule has 12 heteroatoms. The molecular weight excluding hydrogens is 957 g/mol. The van der Waals surface area contributed by atoms with E-state index in [0.29, 0.717) is 25.7 Å². The molecule has 0 aromatic heterocycles. The SMILES string of the molecule is CCCCCCCCCCCCCCCCCC(=O)OC1CCC(C)(C)N(OCCC(=O)OCCCCOC(=O)CCON2C(C)(C)CCC(OC(=O)CCCCCCCCCCCCCCCCC)C2(C)C)C1(C)C. The van der Waals surface area contributed by atoms with Gasteiger partial charge in [0.05, 0.1) is 50.3 Å². The van der Waals surface area contributed by atoms with Crippen LogP contribution in [0.5, 0.6) is 0 Å². The fourth-order valence-corrected chi connectivity index (χ4v) is 11.7. The maximum Gasteiger partial charge on any atom is 0.308 e. The van der Waals surface area contributed by atoms with Gasteiger partial charge in [-0.15, -0.1) is 0 Å². The molecule has 0 saturated carbocycles. The summed E-state index contributed by atoms with van der Waals surface area (Å²) in [6.07, 6.45) is 43.4. The molecule has 0 N–H and O–H groups in total. The molecule has 2 fully saturated rings. The Balaban J connectivity index is 1.55. The van der Waals surface area contributed by atoms with Gasteiger partial charge < -0.3 is 18.9 Å². The van der Waals surface area contributed by atoms with E-state index in [1.165, 1.54) is 167 Å². The van der Waals surface area contributed by atoms with E-state index in [-0.39, 0.29) is 86.4 Å². The summed E-state index contributed by atoms with van der Waals surface area (Å²) < 4.78 is 23.1. The molecule has 2 rings (SSSR count). The van der Waals surface area contributed by atoms with E-state index in [2.05, 4.69) is 41.5 Å². The topological polar surface area (TPSA) is 130 Å². The number of unbranched alkanes of at least 4 members (excludes halogenated alkanes) is 29. The van der Waals surface area contributed by atoms with Crippen LogP contribution >= 0.6 is 0 Å². The smallest absolute Gasteiger partial charge is 0.308 e. The minimum absolute atomic E-state index is 0.0919. The molecule has 2 heterocycles. The van der Waals surface area contributed by atoms with Gasteiger partial charge in [-0.25, -0.2) is 0 Å². The summed E-state index contributed by atoms with van der Waals surface area (Å²) in [6, 6.07) is 0. The molecule has 2 unspecified atom stereocenters. The molecule has 2 saturated heterocycles. The third kappa shape index (κ3) is 30.3. The summed E-state index contributed by atoms with van der Waals surface area (Å²) in [5.41, 5.74) is -1.77. The van der Waals surface area contributed by atoms with E-state index < -0.39 is 11.1 Å². The van der Waals surface area contributed by atoms with Crippen molar-refractivity contribution in [2.45, 2.75) is 360 Å². The van der Waals surface area contributed by atoms with Crippen LogP contribution in [0, 0.1) is 0 Å². The van der Waals surface area contributed by atoms with Crippen molar-refractivity contribution >= 4 is 23.9 Å². The minimum Gasteiger partial charge on any atom is -0.466 e. The molecule has 0 spiro atoms. The van der Waals surface area contributed by atoms with E-state index >= 15 is 0 Å². The fourth-order valence-electron chi connectivity index (χ4n) is 11.7. The van der Waals surface area contributed by atoms with E-state index in [0.717, 1.165) is 51.4 Å². The highest BCUT2D eigenvalue weighted by molar-refractivity contribution is 5.70. The van der Waals surface area contributed by atoms with Gasteiger partial charge in [0.15, 0.2) is 0 Å². The molecule has 0 bridgehead atoms. The van der Waals surface area contributed by atoms with Crippen molar-refractivity contribution in [1.29, 1.82) is 0 Å². The van der Waals surface area contributed by atoms with Gasteiger partial charge in [-0.2, -0.15) is 10.1 Å². The Hall–Kier alpha value is -2.28. The number of hydroxylamine groups is 4. The number of hydrogen-bond donors (Lipinski definition) is 0. The largest absolute Gasteiger partial charge is 0.466 e. The van der Waals surface area contributed by atoms with Crippen LogP contribution in [0.2, 0.25) is 0 Å².